The number of carbonyl (C=O) groups excluding carboxylic acids is 3. The molecule has 0 saturated carbocycles. The molecule has 3 rings (SSSR count). The first-order chi connectivity index (χ1) is 15.3. The number of ether oxygens (including phenoxy) is 1. The summed E-state index contributed by atoms with van der Waals surface area (Å²) in [6.45, 7) is 4.83. The molecule has 2 aliphatic rings. The van der Waals surface area contributed by atoms with E-state index in [-0.39, 0.29) is 28.8 Å². The van der Waals surface area contributed by atoms with Crippen LogP contribution in [0, 0.1) is 0 Å². The minimum absolute atomic E-state index is 0.0915. The number of anilines is 1. The van der Waals surface area contributed by atoms with E-state index in [1.165, 1.54) is 23.2 Å². The highest BCUT2D eigenvalue weighted by molar-refractivity contribution is 8.00. The zero-order chi connectivity index (χ0) is 23.4. The number of hydrogen-bond acceptors (Lipinski definition) is 11. The Morgan fingerprint density at radius 1 is 1.50 bits per heavy atom. The van der Waals surface area contributed by atoms with Gasteiger partial charge >= 0.3 is 11.9 Å². The van der Waals surface area contributed by atoms with Crippen LogP contribution in [0.1, 0.15) is 12.6 Å². The van der Waals surface area contributed by atoms with Gasteiger partial charge in [-0.15, -0.1) is 23.1 Å². The molecule has 0 unspecified atom stereocenters. The first-order valence-corrected chi connectivity index (χ1v) is 11.1. The van der Waals surface area contributed by atoms with Crippen LogP contribution < -0.4 is 11.1 Å². The number of thiazole rings is 1. The number of allylic oxidation sites excluding steroid dienone is 1. The number of amides is 2. The lowest BCUT2D eigenvalue weighted by molar-refractivity contribution is -0.150. The second-order valence-electron chi connectivity index (χ2n) is 6.33. The molecule has 2 aliphatic heterocycles. The summed E-state index contributed by atoms with van der Waals surface area (Å²) in [6.07, 6.45) is 1.39. The predicted octanol–water partition coefficient (Wildman–Crippen LogP) is -0.0663. The van der Waals surface area contributed by atoms with Gasteiger partial charge in [0.15, 0.2) is 10.8 Å². The Bertz CT molecular complexity index is 1030. The van der Waals surface area contributed by atoms with Crippen LogP contribution in [0.4, 0.5) is 5.13 Å². The van der Waals surface area contributed by atoms with E-state index in [2.05, 4.69) is 22.0 Å². The van der Waals surface area contributed by atoms with Gasteiger partial charge in [-0.3, -0.25) is 14.5 Å². The quantitative estimate of drug-likeness (QED) is 0.187. The summed E-state index contributed by atoms with van der Waals surface area (Å²) in [4.78, 5) is 58.6. The van der Waals surface area contributed by atoms with E-state index in [1.807, 2.05) is 0 Å². The highest BCUT2D eigenvalue weighted by Gasteiger charge is 2.54. The van der Waals surface area contributed by atoms with Crippen molar-refractivity contribution >= 4 is 57.7 Å². The first kappa shape index (κ1) is 23.3. The van der Waals surface area contributed by atoms with Crippen LogP contribution in [0.25, 0.3) is 0 Å². The van der Waals surface area contributed by atoms with Gasteiger partial charge in [-0.25, -0.2) is 14.6 Å². The SMILES string of the molecule is C=CC1=C(C(=O)O)N2C(=O)[C@@H](NC(=O)/C(=N\OCC(=O)OCC)c3csc(N)n3)[C@H]2SC1. The minimum atomic E-state index is -1.25. The molecule has 1 fully saturated rings. The van der Waals surface area contributed by atoms with E-state index in [0.29, 0.717) is 11.3 Å². The molecule has 2 atom stereocenters. The third-order valence-corrected chi connectivity index (χ3v) is 6.33. The van der Waals surface area contributed by atoms with Gasteiger partial charge in [0, 0.05) is 11.1 Å². The molecule has 14 heteroatoms. The summed E-state index contributed by atoms with van der Waals surface area (Å²) in [6, 6.07) is -0.987. The average Bonchev–Trinajstić information content (AvgIpc) is 3.19. The molecular weight excluding hydrogens is 462 g/mol. The van der Waals surface area contributed by atoms with E-state index in [4.69, 9.17) is 15.3 Å². The standard InChI is InChI=1S/C18H19N5O7S2/c1-3-8-6-31-16-12(15(26)23(16)13(8)17(27)28)21-14(25)11(9-7-32-18(19)20-9)22-30-5-10(24)29-4-2/h3,7,12,16H,1,4-6H2,2H3,(H2,19,20)(H,21,25)(H,27,28)/b22-11-/t12-,16-/m1/s1. The summed E-state index contributed by atoms with van der Waals surface area (Å²) in [5.74, 6) is -3.00. The smallest absolute Gasteiger partial charge is 0.352 e. The van der Waals surface area contributed by atoms with Crippen molar-refractivity contribution in [2.45, 2.75) is 18.3 Å². The molecule has 32 heavy (non-hydrogen) atoms. The molecule has 1 aromatic heterocycles. The molecule has 2 amide bonds. The Balaban J connectivity index is 1.76. The first-order valence-electron chi connectivity index (χ1n) is 9.19. The van der Waals surface area contributed by atoms with Gasteiger partial charge in [-0.1, -0.05) is 17.8 Å². The number of rotatable bonds is 9. The Hall–Kier alpha value is -3.39. The highest BCUT2D eigenvalue weighted by Crippen LogP contribution is 2.40. The van der Waals surface area contributed by atoms with Crippen LogP contribution in [-0.2, 0) is 28.8 Å². The number of carbonyl (C=O) groups is 4. The number of hydrogen-bond donors (Lipinski definition) is 3. The monoisotopic (exact) mass is 481 g/mol. The number of nitrogens with one attached hydrogen (secondary N) is 1. The van der Waals surface area contributed by atoms with Crippen molar-refractivity contribution in [3.63, 3.8) is 0 Å². The van der Waals surface area contributed by atoms with Gasteiger partial charge in [0.05, 0.1) is 6.61 Å². The van der Waals surface area contributed by atoms with Crippen molar-refractivity contribution in [3.05, 3.63) is 35.0 Å². The van der Waals surface area contributed by atoms with Crippen LogP contribution in [0.3, 0.4) is 0 Å². The molecular formula is C18H19N5O7S2. The van der Waals surface area contributed by atoms with Crippen LogP contribution in [0.2, 0.25) is 0 Å². The topological polar surface area (TPSA) is 174 Å². The molecule has 0 bridgehead atoms. The summed E-state index contributed by atoms with van der Waals surface area (Å²) >= 11 is 2.35. The van der Waals surface area contributed by atoms with Crippen LogP contribution in [-0.4, -0.2) is 74.8 Å². The van der Waals surface area contributed by atoms with Crippen molar-refractivity contribution < 1.29 is 33.9 Å². The van der Waals surface area contributed by atoms with E-state index in [9.17, 15) is 24.3 Å². The second-order valence-corrected chi connectivity index (χ2v) is 8.33. The fourth-order valence-electron chi connectivity index (χ4n) is 2.96. The number of nitrogens with two attached hydrogens (primary N) is 1. The van der Waals surface area contributed by atoms with Gasteiger partial charge < -0.3 is 25.7 Å². The average molecular weight is 482 g/mol. The molecule has 0 aromatic carbocycles. The number of nitrogens with zero attached hydrogens (tertiary/aromatic N) is 3. The van der Waals surface area contributed by atoms with Gasteiger partial charge in [-0.05, 0) is 12.5 Å². The molecule has 0 aliphatic carbocycles. The molecule has 12 nitrogen and oxygen atoms in total. The Kier molecular flexibility index (Phi) is 7.15. The fourth-order valence-corrected chi connectivity index (χ4v) is 4.85. The lowest BCUT2D eigenvalue weighted by atomic mass is 10.0. The number of esters is 1. The third kappa shape index (κ3) is 4.60. The maximum absolute atomic E-state index is 12.9. The Morgan fingerprint density at radius 3 is 2.84 bits per heavy atom. The van der Waals surface area contributed by atoms with Crippen molar-refractivity contribution in [2.75, 3.05) is 24.7 Å². The van der Waals surface area contributed by atoms with Crippen molar-refractivity contribution in [3.8, 4) is 0 Å². The second kappa shape index (κ2) is 9.82. The maximum Gasteiger partial charge on any atom is 0.352 e. The lowest BCUT2D eigenvalue weighted by Crippen LogP contribution is -2.71. The van der Waals surface area contributed by atoms with E-state index < -0.39 is 41.8 Å². The van der Waals surface area contributed by atoms with Crippen molar-refractivity contribution in [1.29, 1.82) is 0 Å². The number of aliphatic carboxylic acids is 1. The molecule has 0 spiro atoms. The minimum Gasteiger partial charge on any atom is -0.477 e. The molecule has 170 valence electrons. The Morgan fingerprint density at radius 2 is 2.25 bits per heavy atom. The summed E-state index contributed by atoms with van der Waals surface area (Å²) < 4.78 is 4.73. The van der Waals surface area contributed by atoms with Crippen LogP contribution >= 0.6 is 23.1 Å². The number of carboxylic acids is 1. The molecule has 1 aromatic rings. The van der Waals surface area contributed by atoms with Gasteiger partial charge in [0.1, 0.15) is 22.8 Å². The molecule has 0 radical (unpaired) electrons. The molecule has 4 N–H and O–H groups in total. The van der Waals surface area contributed by atoms with Gasteiger partial charge in [0.25, 0.3) is 11.8 Å². The number of thioether (sulfide) groups is 1. The van der Waals surface area contributed by atoms with E-state index >= 15 is 0 Å². The number of fused-ring (bicyclic) bond motifs is 1. The zero-order valence-electron chi connectivity index (χ0n) is 16.8. The largest absolute Gasteiger partial charge is 0.477 e. The van der Waals surface area contributed by atoms with Crippen LogP contribution in [0.5, 0.6) is 0 Å². The number of oxime groups is 1. The van der Waals surface area contributed by atoms with E-state index in [1.54, 1.807) is 6.92 Å². The highest BCUT2D eigenvalue weighted by atomic mass is 32.2. The maximum atomic E-state index is 12.9. The fraction of sp³-hybridized carbons (Fsp3) is 0.333. The molecule has 3 heterocycles. The van der Waals surface area contributed by atoms with Crippen molar-refractivity contribution in [2.24, 2.45) is 5.16 Å². The third-order valence-electron chi connectivity index (χ3n) is 4.36. The van der Waals surface area contributed by atoms with Gasteiger partial charge in [-0.2, -0.15) is 0 Å². The zero-order valence-corrected chi connectivity index (χ0v) is 18.4. The van der Waals surface area contributed by atoms with Gasteiger partial charge in [0.2, 0.25) is 6.61 Å². The van der Waals surface area contributed by atoms with Crippen LogP contribution in [0.15, 0.2) is 34.5 Å². The van der Waals surface area contributed by atoms with E-state index in [0.717, 1.165) is 16.2 Å². The number of nitrogen functional groups attached to an aromatic ring is 1. The number of β-lactam (4-membered cyclic amide) rings is 1. The predicted molar refractivity (Wildman–Crippen MR) is 116 cm³/mol. The lowest BCUT2D eigenvalue weighted by Gasteiger charge is -2.49. The normalized spacial score (nSPS) is 20.2. The summed E-state index contributed by atoms with van der Waals surface area (Å²) in [5, 5.41) is 16.7. The number of carboxylic acid groups (broad SMARTS) is 1. The van der Waals surface area contributed by atoms with Crippen molar-refractivity contribution in [1.82, 2.24) is 15.2 Å². The summed E-state index contributed by atoms with van der Waals surface area (Å²) in [7, 11) is 0. The summed E-state index contributed by atoms with van der Waals surface area (Å²) in [5.41, 5.74) is 5.69. The molecule has 1 saturated heterocycles. The Labute approximate surface area is 190 Å². The number of aromatic nitrogens is 1.